The number of hydrogen-bond acceptors (Lipinski definition) is 7. The van der Waals surface area contributed by atoms with E-state index >= 15 is 0 Å². The zero-order chi connectivity index (χ0) is 22.6. The van der Waals surface area contributed by atoms with Crippen LogP contribution in [0.1, 0.15) is 36.3 Å². The van der Waals surface area contributed by atoms with Crippen molar-refractivity contribution >= 4 is 29.5 Å². The van der Waals surface area contributed by atoms with Gasteiger partial charge in [0, 0.05) is 23.0 Å². The van der Waals surface area contributed by atoms with E-state index in [1.807, 2.05) is 13.0 Å². The van der Waals surface area contributed by atoms with Crippen molar-refractivity contribution in [3.05, 3.63) is 34.3 Å². The van der Waals surface area contributed by atoms with E-state index in [0.717, 1.165) is 29.8 Å². The summed E-state index contributed by atoms with van der Waals surface area (Å²) in [6.45, 7) is 2.01. The summed E-state index contributed by atoms with van der Waals surface area (Å²) in [6, 6.07) is 6.89. The fraction of sp³-hybridized carbons (Fsp3) is 0.550. The molecule has 2 heterocycles. The lowest BCUT2D eigenvalue weighted by molar-refractivity contribution is -0.165. The summed E-state index contributed by atoms with van der Waals surface area (Å²) in [4.78, 5) is 31.7. The van der Waals surface area contributed by atoms with Crippen LogP contribution in [0.2, 0.25) is 5.02 Å². The maximum absolute atomic E-state index is 12.2. The standard InChI is InChI=1S/C16H20ClNO2.C4H6O6/c1-9-7-10(3-5-13(9)17)12-8-11-4-6-14(18-11)15(12)16(19)20-2;5-1(3(7)8)2(6)4(9)10/h3,5,7,11-12,14-15,18H,4,6,8H2,1-2H3;1-2,5-6H,(H,7,8)(H,9,10)/t11-,12+,14+,15-;1-,2-/m01/s1. The van der Waals surface area contributed by atoms with Crippen LogP contribution in [0.3, 0.4) is 0 Å². The summed E-state index contributed by atoms with van der Waals surface area (Å²) in [6.07, 6.45) is -1.32. The fourth-order valence-electron chi connectivity index (χ4n) is 4.03. The number of fused-ring (bicyclic) bond motifs is 2. The summed E-state index contributed by atoms with van der Waals surface area (Å²) in [7, 11) is 1.48. The van der Waals surface area contributed by atoms with Crippen molar-refractivity contribution in [2.75, 3.05) is 7.11 Å². The highest BCUT2D eigenvalue weighted by Crippen LogP contribution is 2.42. The van der Waals surface area contributed by atoms with Gasteiger partial charge in [-0.2, -0.15) is 0 Å². The number of esters is 1. The van der Waals surface area contributed by atoms with Crippen molar-refractivity contribution in [3.63, 3.8) is 0 Å². The van der Waals surface area contributed by atoms with E-state index in [2.05, 4.69) is 17.4 Å². The molecule has 3 rings (SSSR count). The lowest BCUT2D eigenvalue weighted by Gasteiger charge is -2.36. The van der Waals surface area contributed by atoms with E-state index in [9.17, 15) is 14.4 Å². The third-order valence-electron chi connectivity index (χ3n) is 5.57. The van der Waals surface area contributed by atoms with Crippen LogP contribution in [0.5, 0.6) is 0 Å². The average Bonchev–Trinajstić information content (AvgIpc) is 3.09. The minimum absolute atomic E-state index is 0.0840. The molecule has 2 saturated heterocycles. The van der Waals surface area contributed by atoms with Gasteiger partial charge in [0.1, 0.15) is 0 Å². The molecule has 6 atom stereocenters. The monoisotopic (exact) mass is 443 g/mol. The molecular formula is C20H26ClNO8. The molecule has 0 aliphatic carbocycles. The van der Waals surface area contributed by atoms with Gasteiger partial charge in [-0.1, -0.05) is 23.7 Å². The molecule has 0 unspecified atom stereocenters. The molecule has 1 aromatic carbocycles. The summed E-state index contributed by atoms with van der Waals surface area (Å²) in [5.74, 6) is -3.48. The van der Waals surface area contributed by atoms with Crippen LogP contribution in [-0.4, -0.2) is 69.7 Å². The smallest absolute Gasteiger partial charge is 0.335 e. The van der Waals surface area contributed by atoms with Crippen molar-refractivity contribution in [2.45, 2.75) is 56.4 Å². The summed E-state index contributed by atoms with van der Waals surface area (Å²) < 4.78 is 5.04. The number of hydrogen-bond donors (Lipinski definition) is 5. The molecule has 1 aromatic rings. The third-order valence-corrected chi connectivity index (χ3v) is 5.99. The van der Waals surface area contributed by atoms with E-state index in [0.29, 0.717) is 6.04 Å². The number of halogens is 1. The van der Waals surface area contributed by atoms with Crippen LogP contribution < -0.4 is 5.32 Å². The number of benzene rings is 1. The molecule has 10 heteroatoms. The van der Waals surface area contributed by atoms with Crippen molar-refractivity contribution in [1.82, 2.24) is 5.32 Å². The zero-order valence-corrected chi connectivity index (χ0v) is 17.4. The van der Waals surface area contributed by atoms with Crippen molar-refractivity contribution < 1.29 is 39.5 Å². The van der Waals surface area contributed by atoms with Gasteiger partial charge >= 0.3 is 17.9 Å². The van der Waals surface area contributed by atoms with E-state index < -0.39 is 24.1 Å². The van der Waals surface area contributed by atoms with E-state index in [1.54, 1.807) is 0 Å². The Labute approximate surface area is 178 Å². The van der Waals surface area contributed by atoms with Gasteiger partial charge in [0.05, 0.1) is 13.0 Å². The van der Waals surface area contributed by atoms with Crippen molar-refractivity contribution in [1.29, 1.82) is 0 Å². The van der Waals surface area contributed by atoms with E-state index in [1.165, 1.54) is 12.7 Å². The Kier molecular flexibility index (Phi) is 8.19. The number of carboxylic acids is 2. The second kappa shape index (κ2) is 10.2. The molecule has 0 spiro atoms. The van der Waals surface area contributed by atoms with Crippen LogP contribution in [0.25, 0.3) is 0 Å². The highest BCUT2D eigenvalue weighted by molar-refractivity contribution is 6.31. The summed E-state index contributed by atoms with van der Waals surface area (Å²) in [5.41, 5.74) is 2.28. The zero-order valence-electron chi connectivity index (χ0n) is 16.6. The molecule has 30 heavy (non-hydrogen) atoms. The summed E-state index contributed by atoms with van der Waals surface area (Å²) >= 11 is 6.11. The number of carbonyl (C=O) groups is 3. The second-order valence-corrected chi connectivity index (χ2v) is 7.92. The molecule has 9 nitrogen and oxygen atoms in total. The molecule has 2 aliphatic heterocycles. The lowest BCUT2D eigenvalue weighted by atomic mass is 9.76. The predicted octanol–water partition coefficient (Wildman–Crippen LogP) is 0.923. The van der Waals surface area contributed by atoms with Crippen LogP contribution in [-0.2, 0) is 19.1 Å². The normalized spacial score (nSPS) is 26.7. The van der Waals surface area contributed by atoms with Gasteiger partial charge in [-0.05, 0) is 43.4 Å². The number of aliphatic hydroxyl groups excluding tert-OH is 2. The van der Waals surface area contributed by atoms with Gasteiger partial charge in [0.2, 0.25) is 0 Å². The molecule has 2 bridgehead atoms. The van der Waals surface area contributed by atoms with Gasteiger partial charge in [-0.3, -0.25) is 4.79 Å². The number of carboxylic acid groups (broad SMARTS) is 2. The molecule has 0 radical (unpaired) electrons. The predicted molar refractivity (Wildman–Crippen MR) is 106 cm³/mol. The Balaban J connectivity index is 0.000000274. The number of rotatable bonds is 5. The highest BCUT2D eigenvalue weighted by atomic mass is 35.5. The Morgan fingerprint density at radius 1 is 1.13 bits per heavy atom. The highest BCUT2D eigenvalue weighted by Gasteiger charge is 2.46. The number of piperidine rings is 1. The number of nitrogens with one attached hydrogen (secondary N) is 1. The average molecular weight is 444 g/mol. The lowest BCUT2D eigenvalue weighted by Crippen LogP contribution is -2.48. The van der Waals surface area contributed by atoms with Crippen LogP contribution in [0.4, 0.5) is 0 Å². The second-order valence-electron chi connectivity index (χ2n) is 7.51. The van der Waals surface area contributed by atoms with Crippen molar-refractivity contribution in [3.8, 4) is 0 Å². The maximum atomic E-state index is 12.2. The minimum atomic E-state index is -2.27. The molecule has 166 valence electrons. The van der Waals surface area contributed by atoms with Gasteiger partial charge < -0.3 is 30.5 Å². The maximum Gasteiger partial charge on any atom is 0.335 e. The first-order chi connectivity index (χ1) is 14.1. The number of aliphatic carboxylic acids is 2. The SMILES string of the molecule is COC(=O)[C@H]1[C@@H](c2ccc(Cl)c(C)c2)C[C@@H]2CC[C@H]1N2.O=C(O)[C@H](O)[C@@H](O)C(=O)O. The molecular weight excluding hydrogens is 418 g/mol. The van der Waals surface area contributed by atoms with E-state index in [4.69, 9.17) is 36.8 Å². The van der Waals surface area contributed by atoms with Crippen LogP contribution >= 0.6 is 11.6 Å². The molecule has 0 saturated carbocycles. The Morgan fingerprint density at radius 3 is 2.23 bits per heavy atom. The number of carbonyl (C=O) groups excluding carboxylic acids is 1. The van der Waals surface area contributed by atoms with Crippen molar-refractivity contribution in [2.24, 2.45) is 5.92 Å². The first-order valence-electron chi connectivity index (χ1n) is 9.48. The molecule has 2 aliphatic rings. The van der Waals surface area contributed by atoms with Gasteiger partial charge in [0.15, 0.2) is 12.2 Å². The number of ether oxygens (including phenoxy) is 1. The Hall–Kier alpha value is -2.20. The van der Waals surface area contributed by atoms with Gasteiger partial charge in [0.25, 0.3) is 0 Å². The fourth-order valence-corrected chi connectivity index (χ4v) is 4.15. The first kappa shape index (κ1) is 24.1. The molecule has 5 N–H and O–H groups in total. The van der Waals surface area contributed by atoms with Crippen LogP contribution in [0.15, 0.2) is 18.2 Å². The molecule has 0 amide bonds. The molecule has 2 fully saturated rings. The third kappa shape index (κ3) is 5.48. The Morgan fingerprint density at radius 2 is 1.73 bits per heavy atom. The quantitative estimate of drug-likeness (QED) is 0.418. The summed E-state index contributed by atoms with van der Waals surface area (Å²) in [5, 5.41) is 36.9. The van der Waals surface area contributed by atoms with E-state index in [-0.39, 0.29) is 23.8 Å². The number of aryl methyl sites for hydroxylation is 1. The minimum Gasteiger partial charge on any atom is -0.479 e. The largest absolute Gasteiger partial charge is 0.479 e. The van der Waals surface area contributed by atoms with Gasteiger partial charge in [-0.15, -0.1) is 0 Å². The first-order valence-corrected chi connectivity index (χ1v) is 9.86. The topological polar surface area (TPSA) is 153 Å². The number of methoxy groups -OCH3 is 1. The molecule has 0 aromatic heterocycles. The Bertz CT molecular complexity index is 783. The van der Waals surface area contributed by atoms with Gasteiger partial charge in [-0.25, -0.2) is 9.59 Å². The van der Waals surface area contributed by atoms with Crippen LogP contribution in [0, 0.1) is 12.8 Å². The number of aliphatic hydroxyl groups is 2.